The van der Waals surface area contributed by atoms with Gasteiger partial charge in [0.25, 0.3) is 5.91 Å². The molecule has 0 saturated carbocycles. The topological polar surface area (TPSA) is 68.3 Å². The van der Waals surface area contributed by atoms with Gasteiger partial charge in [-0.25, -0.2) is 9.50 Å². The molecule has 150 valence electrons. The molecule has 0 aliphatic carbocycles. The lowest BCUT2D eigenvalue weighted by atomic mass is 10.2. The van der Waals surface area contributed by atoms with Gasteiger partial charge in [0.15, 0.2) is 11.3 Å². The summed E-state index contributed by atoms with van der Waals surface area (Å²) in [5.74, 6) is -0.521. The van der Waals surface area contributed by atoms with Crippen LogP contribution >= 0.6 is 15.9 Å². The van der Waals surface area contributed by atoms with Crippen LogP contribution in [0.25, 0.3) is 5.65 Å². The fourth-order valence-electron chi connectivity index (χ4n) is 2.84. The van der Waals surface area contributed by atoms with Crippen molar-refractivity contribution in [1.82, 2.24) is 29.3 Å². The number of nitrogens with zero attached hydrogens (tertiary/aromatic N) is 6. The number of carbonyl (C=O) groups excluding carboxylic acids is 1. The summed E-state index contributed by atoms with van der Waals surface area (Å²) in [6.07, 6.45) is -2.79. The van der Waals surface area contributed by atoms with Crippen molar-refractivity contribution in [3.8, 4) is 0 Å². The van der Waals surface area contributed by atoms with Crippen LogP contribution in [0.1, 0.15) is 40.1 Å². The van der Waals surface area contributed by atoms with Crippen molar-refractivity contribution in [2.24, 2.45) is 0 Å². The van der Waals surface area contributed by atoms with E-state index in [2.05, 4.69) is 31.1 Å². The number of rotatable bonds is 4. The van der Waals surface area contributed by atoms with E-state index in [-0.39, 0.29) is 28.1 Å². The smallest absolute Gasteiger partial charge is 0.336 e. The number of halogens is 4. The molecule has 3 aromatic rings. The molecule has 3 rings (SSSR count). The molecule has 3 heterocycles. The minimum atomic E-state index is -4.63. The molecule has 0 aliphatic rings. The molecule has 0 radical (unpaired) electrons. The minimum Gasteiger partial charge on any atom is -0.336 e. The van der Waals surface area contributed by atoms with Crippen LogP contribution in [0.4, 0.5) is 13.2 Å². The fourth-order valence-corrected chi connectivity index (χ4v) is 3.34. The standard InChI is InChI=1S/C17H18BrF3N6O/c1-5-26-8-11(10(3)23-26)7-25(4)16(28)14-13(18)15-22-9(2)6-12(17(19,20)21)27(15)24-14/h6,8H,5,7H2,1-4H3. The van der Waals surface area contributed by atoms with Crippen molar-refractivity contribution in [3.63, 3.8) is 0 Å². The number of hydrogen-bond acceptors (Lipinski definition) is 4. The Morgan fingerprint density at radius 3 is 2.54 bits per heavy atom. The molecular formula is C17H18BrF3N6O. The fraction of sp³-hybridized carbons (Fsp3) is 0.412. The summed E-state index contributed by atoms with van der Waals surface area (Å²) in [5, 5.41) is 8.23. The Kier molecular flexibility index (Phi) is 5.22. The Hall–Kier alpha value is -2.43. The number of aryl methyl sites for hydroxylation is 3. The van der Waals surface area contributed by atoms with Gasteiger partial charge in [0.2, 0.25) is 0 Å². The summed E-state index contributed by atoms with van der Waals surface area (Å²) in [4.78, 5) is 18.3. The first kappa shape index (κ1) is 20.3. The number of fused-ring (bicyclic) bond motifs is 1. The van der Waals surface area contributed by atoms with Gasteiger partial charge in [-0.2, -0.15) is 23.4 Å². The third-order valence-electron chi connectivity index (χ3n) is 4.28. The summed E-state index contributed by atoms with van der Waals surface area (Å²) in [6.45, 7) is 6.19. The first-order valence-electron chi connectivity index (χ1n) is 8.44. The molecule has 0 fully saturated rings. The van der Waals surface area contributed by atoms with Crippen LogP contribution in [-0.4, -0.2) is 42.2 Å². The first-order chi connectivity index (χ1) is 13.0. The van der Waals surface area contributed by atoms with E-state index in [9.17, 15) is 18.0 Å². The van der Waals surface area contributed by atoms with Gasteiger partial charge in [-0.1, -0.05) is 0 Å². The Morgan fingerprint density at radius 1 is 1.29 bits per heavy atom. The van der Waals surface area contributed by atoms with E-state index in [4.69, 9.17) is 0 Å². The Balaban J connectivity index is 1.99. The van der Waals surface area contributed by atoms with E-state index in [0.717, 1.165) is 17.3 Å². The van der Waals surface area contributed by atoms with Crippen LogP contribution in [0, 0.1) is 13.8 Å². The van der Waals surface area contributed by atoms with E-state index < -0.39 is 17.8 Å². The molecule has 0 saturated heterocycles. The van der Waals surface area contributed by atoms with Crippen LogP contribution in [0.5, 0.6) is 0 Å². The molecule has 1 amide bonds. The third-order valence-corrected chi connectivity index (χ3v) is 5.01. The highest BCUT2D eigenvalue weighted by molar-refractivity contribution is 9.10. The van der Waals surface area contributed by atoms with E-state index in [1.54, 1.807) is 11.7 Å². The lowest BCUT2D eigenvalue weighted by molar-refractivity contribution is -0.142. The molecule has 0 aromatic carbocycles. The second-order valence-electron chi connectivity index (χ2n) is 6.44. The predicted octanol–water partition coefficient (Wildman–Crippen LogP) is 3.62. The van der Waals surface area contributed by atoms with Gasteiger partial charge < -0.3 is 4.90 Å². The highest BCUT2D eigenvalue weighted by Crippen LogP contribution is 2.32. The summed E-state index contributed by atoms with van der Waals surface area (Å²) in [5.41, 5.74) is 0.633. The van der Waals surface area contributed by atoms with Gasteiger partial charge in [0.1, 0.15) is 5.69 Å². The lowest BCUT2D eigenvalue weighted by Crippen LogP contribution is -2.27. The summed E-state index contributed by atoms with van der Waals surface area (Å²) < 4.78 is 42.6. The van der Waals surface area contributed by atoms with Crippen molar-refractivity contribution in [2.75, 3.05) is 7.05 Å². The highest BCUT2D eigenvalue weighted by Gasteiger charge is 2.36. The molecule has 0 bridgehead atoms. The van der Waals surface area contributed by atoms with Gasteiger partial charge in [-0.05, 0) is 42.8 Å². The average molecular weight is 459 g/mol. The van der Waals surface area contributed by atoms with Crippen LogP contribution in [0.3, 0.4) is 0 Å². The summed E-state index contributed by atoms with van der Waals surface area (Å²) in [6, 6.07) is 0.896. The molecule has 0 aliphatic heterocycles. The monoisotopic (exact) mass is 458 g/mol. The normalized spacial score (nSPS) is 12.0. The number of aromatic nitrogens is 5. The largest absolute Gasteiger partial charge is 0.433 e. The molecule has 7 nitrogen and oxygen atoms in total. The van der Waals surface area contributed by atoms with Crippen molar-refractivity contribution >= 4 is 27.5 Å². The van der Waals surface area contributed by atoms with E-state index >= 15 is 0 Å². The molecule has 0 atom stereocenters. The van der Waals surface area contributed by atoms with Crippen molar-refractivity contribution < 1.29 is 18.0 Å². The van der Waals surface area contributed by atoms with Crippen molar-refractivity contribution in [3.05, 3.63) is 45.1 Å². The number of amides is 1. The molecule has 0 unspecified atom stereocenters. The van der Waals surface area contributed by atoms with Gasteiger partial charge in [-0.3, -0.25) is 9.48 Å². The minimum absolute atomic E-state index is 0.0564. The number of hydrogen-bond donors (Lipinski definition) is 0. The van der Waals surface area contributed by atoms with Crippen molar-refractivity contribution in [2.45, 2.75) is 40.0 Å². The maximum Gasteiger partial charge on any atom is 0.433 e. The summed E-state index contributed by atoms with van der Waals surface area (Å²) >= 11 is 3.19. The summed E-state index contributed by atoms with van der Waals surface area (Å²) in [7, 11) is 1.56. The van der Waals surface area contributed by atoms with Crippen LogP contribution in [0.15, 0.2) is 16.7 Å². The number of carbonyl (C=O) groups is 1. The molecule has 0 spiro atoms. The number of alkyl halides is 3. The first-order valence-corrected chi connectivity index (χ1v) is 9.23. The van der Waals surface area contributed by atoms with Gasteiger partial charge in [0.05, 0.1) is 10.2 Å². The van der Waals surface area contributed by atoms with Crippen molar-refractivity contribution in [1.29, 1.82) is 0 Å². The maximum absolute atomic E-state index is 13.4. The zero-order valence-electron chi connectivity index (χ0n) is 15.7. The second-order valence-corrected chi connectivity index (χ2v) is 7.23. The van der Waals surface area contributed by atoms with Crippen LogP contribution in [0.2, 0.25) is 0 Å². The third kappa shape index (κ3) is 3.62. The quantitative estimate of drug-likeness (QED) is 0.598. The van der Waals surface area contributed by atoms with E-state index in [1.807, 2.05) is 20.0 Å². The highest BCUT2D eigenvalue weighted by atomic mass is 79.9. The Morgan fingerprint density at radius 2 is 1.96 bits per heavy atom. The zero-order chi connectivity index (χ0) is 20.8. The molecule has 0 N–H and O–H groups in total. The molecular weight excluding hydrogens is 441 g/mol. The SMILES string of the molecule is CCn1cc(CN(C)C(=O)c2nn3c(C(F)(F)F)cc(C)nc3c2Br)c(C)n1. The van der Waals surface area contributed by atoms with Crippen LogP contribution < -0.4 is 0 Å². The Bertz CT molecular complexity index is 1060. The van der Waals surface area contributed by atoms with Crippen LogP contribution in [-0.2, 0) is 19.3 Å². The molecule has 11 heteroatoms. The van der Waals surface area contributed by atoms with E-state index in [0.29, 0.717) is 11.1 Å². The predicted molar refractivity (Wildman–Crippen MR) is 98.9 cm³/mol. The van der Waals surface area contributed by atoms with Gasteiger partial charge in [0, 0.05) is 37.6 Å². The molecule has 3 aromatic heterocycles. The second kappa shape index (κ2) is 7.19. The molecule has 28 heavy (non-hydrogen) atoms. The lowest BCUT2D eigenvalue weighted by Gasteiger charge is -2.15. The maximum atomic E-state index is 13.4. The van der Waals surface area contributed by atoms with Gasteiger partial charge >= 0.3 is 6.18 Å². The average Bonchev–Trinajstić information content (AvgIpc) is 3.13. The Labute approximate surface area is 167 Å². The van der Waals surface area contributed by atoms with Gasteiger partial charge in [-0.15, -0.1) is 0 Å². The zero-order valence-corrected chi connectivity index (χ0v) is 17.3. The van der Waals surface area contributed by atoms with E-state index in [1.165, 1.54) is 11.8 Å².